The molecule has 6 heteroatoms. The maximum Gasteiger partial charge on any atom is 0.228 e. The Morgan fingerprint density at radius 1 is 1.23 bits per heavy atom. The van der Waals surface area contributed by atoms with Gasteiger partial charge in [0.25, 0.3) is 0 Å². The van der Waals surface area contributed by atoms with Crippen molar-refractivity contribution >= 4 is 33.7 Å². The minimum atomic E-state index is -0.0651. The van der Waals surface area contributed by atoms with Crippen LogP contribution in [0.2, 0.25) is 0 Å². The van der Waals surface area contributed by atoms with E-state index in [2.05, 4.69) is 46.0 Å². The fourth-order valence-electron chi connectivity index (χ4n) is 2.98. The molecule has 3 aromatic heterocycles. The second-order valence-electron chi connectivity index (χ2n) is 7.51. The molecule has 3 N–H and O–H groups in total. The van der Waals surface area contributed by atoms with E-state index in [0.29, 0.717) is 6.42 Å². The molecule has 0 aliphatic heterocycles. The SMILES string of the molecule is CC(C)(C)c1nc2ccc(NC(=O)Cc3c[nH]c4ncccc34)cc2[nH]1. The van der Waals surface area contributed by atoms with E-state index >= 15 is 0 Å². The number of nitrogens with one attached hydrogen (secondary N) is 3. The van der Waals surface area contributed by atoms with Crippen molar-refractivity contribution in [3.63, 3.8) is 0 Å². The zero-order valence-corrected chi connectivity index (χ0v) is 15.1. The smallest absolute Gasteiger partial charge is 0.228 e. The molecule has 26 heavy (non-hydrogen) atoms. The lowest BCUT2D eigenvalue weighted by atomic mass is 9.96. The van der Waals surface area contributed by atoms with E-state index in [9.17, 15) is 4.79 Å². The summed E-state index contributed by atoms with van der Waals surface area (Å²) in [6.45, 7) is 6.34. The van der Waals surface area contributed by atoms with Gasteiger partial charge in [-0.3, -0.25) is 4.79 Å². The van der Waals surface area contributed by atoms with E-state index in [4.69, 9.17) is 0 Å². The van der Waals surface area contributed by atoms with Crippen molar-refractivity contribution in [2.24, 2.45) is 0 Å². The molecule has 0 saturated heterocycles. The van der Waals surface area contributed by atoms with Gasteiger partial charge >= 0.3 is 0 Å². The minimum Gasteiger partial charge on any atom is -0.346 e. The molecular formula is C20H21N5O. The number of pyridine rings is 1. The number of hydrogen-bond acceptors (Lipinski definition) is 3. The van der Waals surface area contributed by atoms with Crippen molar-refractivity contribution < 1.29 is 4.79 Å². The summed E-state index contributed by atoms with van der Waals surface area (Å²) in [5, 5.41) is 3.94. The summed E-state index contributed by atoms with van der Waals surface area (Å²) in [6.07, 6.45) is 3.86. The van der Waals surface area contributed by atoms with Gasteiger partial charge in [0.15, 0.2) is 0 Å². The average molecular weight is 347 g/mol. The monoisotopic (exact) mass is 347 g/mol. The summed E-state index contributed by atoms with van der Waals surface area (Å²) in [5.41, 5.74) is 4.25. The van der Waals surface area contributed by atoms with Crippen molar-refractivity contribution in [1.29, 1.82) is 0 Å². The third kappa shape index (κ3) is 3.06. The number of nitrogens with zero attached hydrogens (tertiary/aromatic N) is 2. The van der Waals surface area contributed by atoms with E-state index in [1.54, 1.807) is 6.20 Å². The first-order valence-corrected chi connectivity index (χ1v) is 8.61. The Bertz CT molecular complexity index is 1100. The van der Waals surface area contributed by atoms with E-state index in [-0.39, 0.29) is 11.3 Å². The summed E-state index contributed by atoms with van der Waals surface area (Å²) < 4.78 is 0. The number of rotatable bonds is 3. The zero-order chi connectivity index (χ0) is 18.3. The Kier molecular flexibility index (Phi) is 3.76. The Morgan fingerprint density at radius 2 is 2.08 bits per heavy atom. The molecule has 1 amide bonds. The predicted octanol–water partition coefficient (Wildman–Crippen LogP) is 3.92. The molecule has 0 fully saturated rings. The van der Waals surface area contributed by atoms with Crippen molar-refractivity contribution in [3.8, 4) is 0 Å². The van der Waals surface area contributed by atoms with E-state index in [1.165, 1.54) is 0 Å². The highest BCUT2D eigenvalue weighted by molar-refractivity contribution is 5.96. The molecule has 0 aliphatic carbocycles. The number of aromatic amines is 2. The number of amides is 1. The van der Waals surface area contributed by atoms with Crippen LogP contribution in [-0.2, 0) is 16.6 Å². The van der Waals surface area contributed by atoms with E-state index in [1.807, 2.05) is 36.5 Å². The van der Waals surface area contributed by atoms with Gasteiger partial charge in [-0.05, 0) is 35.9 Å². The third-order valence-corrected chi connectivity index (χ3v) is 4.36. The molecular weight excluding hydrogens is 326 g/mol. The lowest BCUT2D eigenvalue weighted by Gasteiger charge is -2.13. The van der Waals surface area contributed by atoms with Gasteiger partial charge in [-0.1, -0.05) is 20.8 Å². The molecule has 6 nitrogen and oxygen atoms in total. The molecule has 0 atom stereocenters. The number of anilines is 1. The number of benzene rings is 1. The second kappa shape index (κ2) is 5.98. The van der Waals surface area contributed by atoms with Crippen LogP contribution < -0.4 is 5.32 Å². The molecule has 4 aromatic rings. The van der Waals surface area contributed by atoms with Crippen LogP contribution in [0.1, 0.15) is 32.2 Å². The highest BCUT2D eigenvalue weighted by Crippen LogP contribution is 2.24. The number of imidazole rings is 1. The molecule has 0 saturated carbocycles. The number of fused-ring (bicyclic) bond motifs is 2. The first kappa shape index (κ1) is 16.3. The van der Waals surface area contributed by atoms with Gasteiger partial charge in [0.2, 0.25) is 5.91 Å². The maximum absolute atomic E-state index is 12.5. The number of H-pyrrole nitrogens is 2. The number of hydrogen-bond donors (Lipinski definition) is 3. The third-order valence-electron chi connectivity index (χ3n) is 4.36. The maximum atomic E-state index is 12.5. The highest BCUT2D eigenvalue weighted by Gasteiger charge is 2.18. The number of carbonyl (C=O) groups excluding carboxylic acids is 1. The predicted molar refractivity (Wildman–Crippen MR) is 103 cm³/mol. The van der Waals surface area contributed by atoms with Gasteiger partial charge in [0.1, 0.15) is 11.5 Å². The highest BCUT2D eigenvalue weighted by atomic mass is 16.1. The Balaban J connectivity index is 1.54. The molecule has 132 valence electrons. The molecule has 0 radical (unpaired) electrons. The molecule has 0 aliphatic rings. The van der Waals surface area contributed by atoms with Gasteiger partial charge in [0.05, 0.1) is 17.5 Å². The Morgan fingerprint density at radius 3 is 2.88 bits per heavy atom. The fourth-order valence-corrected chi connectivity index (χ4v) is 2.98. The number of carbonyl (C=O) groups is 1. The normalized spacial score (nSPS) is 12.0. The largest absolute Gasteiger partial charge is 0.346 e. The van der Waals surface area contributed by atoms with Gasteiger partial charge in [-0.15, -0.1) is 0 Å². The Hall–Kier alpha value is -3.15. The Labute approximate surface area is 151 Å². The average Bonchev–Trinajstić information content (AvgIpc) is 3.19. The summed E-state index contributed by atoms with van der Waals surface area (Å²) >= 11 is 0. The minimum absolute atomic E-state index is 0.0498. The molecule has 4 rings (SSSR count). The van der Waals surface area contributed by atoms with Gasteiger partial charge in [-0.25, -0.2) is 9.97 Å². The lowest BCUT2D eigenvalue weighted by Crippen LogP contribution is -2.14. The molecule has 0 bridgehead atoms. The van der Waals surface area contributed by atoms with Crippen molar-refractivity contribution in [2.45, 2.75) is 32.6 Å². The van der Waals surface area contributed by atoms with Crippen LogP contribution in [0, 0.1) is 0 Å². The van der Waals surface area contributed by atoms with E-state index in [0.717, 1.165) is 39.1 Å². The quantitative estimate of drug-likeness (QED) is 0.525. The summed E-state index contributed by atoms with van der Waals surface area (Å²) in [5.74, 6) is 0.868. The lowest BCUT2D eigenvalue weighted by molar-refractivity contribution is -0.115. The van der Waals surface area contributed by atoms with Crippen LogP contribution in [-0.4, -0.2) is 25.8 Å². The fraction of sp³-hybridized carbons (Fsp3) is 0.250. The molecule has 1 aromatic carbocycles. The van der Waals surface area contributed by atoms with Crippen molar-refractivity contribution in [2.75, 3.05) is 5.32 Å². The summed E-state index contributed by atoms with van der Waals surface area (Å²) in [4.78, 5) is 27.8. The van der Waals surface area contributed by atoms with Crippen LogP contribution in [0.25, 0.3) is 22.1 Å². The second-order valence-corrected chi connectivity index (χ2v) is 7.51. The van der Waals surface area contributed by atoms with Crippen LogP contribution in [0.3, 0.4) is 0 Å². The first-order valence-electron chi connectivity index (χ1n) is 8.61. The van der Waals surface area contributed by atoms with Gasteiger partial charge in [0, 0.05) is 28.9 Å². The summed E-state index contributed by atoms with van der Waals surface area (Å²) in [7, 11) is 0. The molecule has 3 heterocycles. The number of aromatic nitrogens is 4. The van der Waals surface area contributed by atoms with Crippen molar-refractivity contribution in [3.05, 3.63) is 54.1 Å². The van der Waals surface area contributed by atoms with Crippen LogP contribution in [0.15, 0.2) is 42.7 Å². The van der Waals surface area contributed by atoms with Crippen LogP contribution >= 0.6 is 0 Å². The molecule has 0 spiro atoms. The van der Waals surface area contributed by atoms with Crippen LogP contribution in [0.5, 0.6) is 0 Å². The topological polar surface area (TPSA) is 86.5 Å². The van der Waals surface area contributed by atoms with Crippen LogP contribution in [0.4, 0.5) is 5.69 Å². The molecule has 0 unspecified atom stereocenters. The van der Waals surface area contributed by atoms with Crippen molar-refractivity contribution in [1.82, 2.24) is 19.9 Å². The van der Waals surface area contributed by atoms with Gasteiger partial charge in [-0.2, -0.15) is 0 Å². The van der Waals surface area contributed by atoms with Gasteiger partial charge < -0.3 is 15.3 Å². The zero-order valence-electron chi connectivity index (χ0n) is 15.1. The summed E-state index contributed by atoms with van der Waals surface area (Å²) in [6, 6.07) is 9.56. The van der Waals surface area contributed by atoms with E-state index < -0.39 is 0 Å². The first-order chi connectivity index (χ1) is 12.4. The standard InChI is InChI=1S/C20H21N5O/c1-20(2,3)19-24-15-7-6-13(10-16(15)25-19)23-17(26)9-12-11-22-18-14(12)5-4-8-21-18/h4-8,10-11H,9H2,1-3H3,(H,21,22)(H,23,26)(H,24,25).